The van der Waals surface area contributed by atoms with Crippen LogP contribution in [0.15, 0.2) is 16.8 Å². The maximum Gasteiger partial charge on any atom is 0.311 e. The minimum atomic E-state index is -0.593. The minimum absolute atomic E-state index is 0.256. The lowest BCUT2D eigenvalue weighted by Crippen LogP contribution is -2.41. The number of hydrogen-bond acceptors (Lipinski definition) is 4. The quantitative estimate of drug-likeness (QED) is 0.926. The van der Waals surface area contributed by atoms with E-state index >= 15 is 0 Å². The van der Waals surface area contributed by atoms with E-state index in [0.717, 1.165) is 39.0 Å². The molecule has 1 aromatic heterocycles. The van der Waals surface area contributed by atoms with Crippen molar-refractivity contribution in [1.29, 1.82) is 0 Å². The Morgan fingerprint density at radius 3 is 3.10 bits per heavy atom. The molecular weight excluding hydrogens is 272 g/mol. The van der Waals surface area contributed by atoms with E-state index in [0.29, 0.717) is 6.54 Å². The molecule has 0 unspecified atom stereocenters. The number of nitrogens with zero attached hydrogens (tertiary/aromatic N) is 2. The van der Waals surface area contributed by atoms with Gasteiger partial charge in [-0.05, 0) is 48.8 Å². The molecule has 0 amide bonds. The van der Waals surface area contributed by atoms with E-state index in [-0.39, 0.29) is 5.92 Å². The molecule has 20 heavy (non-hydrogen) atoms. The van der Waals surface area contributed by atoms with Crippen LogP contribution >= 0.6 is 11.3 Å². The van der Waals surface area contributed by atoms with Gasteiger partial charge in [-0.25, -0.2) is 0 Å². The summed E-state index contributed by atoms with van der Waals surface area (Å²) in [6.07, 6.45) is 1.80. The Labute approximate surface area is 124 Å². The summed E-state index contributed by atoms with van der Waals surface area (Å²) in [5, 5.41) is 14.0. The Morgan fingerprint density at radius 2 is 2.40 bits per heavy atom. The van der Waals surface area contributed by atoms with Crippen LogP contribution in [0.25, 0.3) is 0 Å². The zero-order chi connectivity index (χ0) is 14.2. The summed E-state index contributed by atoms with van der Waals surface area (Å²) in [4.78, 5) is 16.5. The molecule has 0 bridgehead atoms. The summed E-state index contributed by atoms with van der Waals surface area (Å²) in [6.45, 7) is 4.50. The molecule has 5 heteroatoms. The van der Waals surface area contributed by atoms with Gasteiger partial charge >= 0.3 is 5.97 Å². The molecule has 2 aliphatic rings. The van der Waals surface area contributed by atoms with Gasteiger partial charge in [-0.2, -0.15) is 11.3 Å². The average molecular weight is 294 g/mol. The third kappa shape index (κ3) is 2.50. The van der Waals surface area contributed by atoms with Crippen LogP contribution in [-0.4, -0.2) is 54.1 Å². The fraction of sp³-hybridized carbons (Fsp3) is 0.667. The zero-order valence-electron chi connectivity index (χ0n) is 11.9. The number of carboxylic acids is 1. The fourth-order valence-corrected chi connectivity index (χ4v) is 4.56. The van der Waals surface area contributed by atoms with Gasteiger partial charge in [0.05, 0.1) is 5.41 Å². The number of carbonyl (C=O) groups is 1. The monoisotopic (exact) mass is 294 g/mol. The number of rotatable bonds is 3. The van der Waals surface area contributed by atoms with Gasteiger partial charge in [0.2, 0.25) is 0 Å². The van der Waals surface area contributed by atoms with E-state index < -0.39 is 11.4 Å². The third-order valence-electron chi connectivity index (χ3n) is 4.85. The van der Waals surface area contributed by atoms with Crippen LogP contribution in [0.1, 0.15) is 18.4 Å². The molecular formula is C15H22N2O2S. The number of likely N-dealkylation sites (tertiary alicyclic amines) is 2. The second kappa shape index (κ2) is 5.47. The normalized spacial score (nSPS) is 31.9. The molecule has 2 atom stereocenters. The summed E-state index contributed by atoms with van der Waals surface area (Å²) in [5.74, 6) is -0.338. The second-order valence-electron chi connectivity index (χ2n) is 6.33. The maximum atomic E-state index is 11.8. The summed E-state index contributed by atoms with van der Waals surface area (Å²) >= 11 is 1.73. The topological polar surface area (TPSA) is 43.8 Å². The first-order valence-electron chi connectivity index (χ1n) is 7.25. The predicted molar refractivity (Wildman–Crippen MR) is 79.9 cm³/mol. The Balaban J connectivity index is 1.76. The molecule has 0 aliphatic carbocycles. The predicted octanol–water partition coefficient (Wildman–Crippen LogP) is 1.98. The summed E-state index contributed by atoms with van der Waals surface area (Å²) in [6, 6.07) is 2.17. The van der Waals surface area contributed by atoms with Gasteiger partial charge < -0.3 is 10.0 Å². The molecule has 2 aliphatic heterocycles. The highest BCUT2D eigenvalue weighted by Gasteiger charge is 2.52. The molecule has 2 fully saturated rings. The van der Waals surface area contributed by atoms with Crippen molar-refractivity contribution in [2.45, 2.75) is 19.4 Å². The van der Waals surface area contributed by atoms with Crippen LogP contribution in [0, 0.1) is 11.3 Å². The number of carboxylic acid groups (broad SMARTS) is 1. The van der Waals surface area contributed by atoms with Gasteiger partial charge in [0.1, 0.15) is 0 Å². The van der Waals surface area contributed by atoms with E-state index in [1.165, 1.54) is 5.56 Å². The standard InChI is InChI=1S/C15H22N2O2S/c1-16-8-13-9-17(7-12-3-6-20-10-12)5-2-4-15(13,11-16)14(18)19/h3,6,10,13H,2,4-5,7-9,11H2,1H3,(H,18,19)/t13-,15+/m0/s1. The number of aliphatic carboxylic acids is 1. The first-order chi connectivity index (χ1) is 9.60. The number of fused-ring (bicyclic) bond motifs is 1. The van der Waals surface area contributed by atoms with Crippen LogP contribution in [0.4, 0.5) is 0 Å². The molecule has 4 nitrogen and oxygen atoms in total. The molecule has 0 spiro atoms. The second-order valence-corrected chi connectivity index (χ2v) is 7.11. The molecule has 3 heterocycles. The first-order valence-corrected chi connectivity index (χ1v) is 8.20. The SMILES string of the molecule is CN1C[C@H]2CN(Cc3ccsc3)CCC[C@@]2(C(=O)O)C1. The molecule has 0 saturated carbocycles. The lowest BCUT2D eigenvalue weighted by Gasteiger charge is -2.29. The molecule has 0 aromatic carbocycles. The van der Waals surface area contributed by atoms with Crippen molar-refractivity contribution in [3.8, 4) is 0 Å². The lowest BCUT2D eigenvalue weighted by molar-refractivity contribution is -0.150. The highest BCUT2D eigenvalue weighted by Crippen LogP contribution is 2.42. The lowest BCUT2D eigenvalue weighted by atomic mass is 9.75. The number of thiophene rings is 1. The molecule has 3 rings (SSSR count). The molecule has 0 radical (unpaired) electrons. The molecule has 2 saturated heterocycles. The van der Waals surface area contributed by atoms with Gasteiger partial charge in [0, 0.05) is 32.1 Å². The van der Waals surface area contributed by atoms with Crippen LogP contribution in [-0.2, 0) is 11.3 Å². The minimum Gasteiger partial charge on any atom is -0.481 e. The Morgan fingerprint density at radius 1 is 1.55 bits per heavy atom. The van der Waals surface area contributed by atoms with Gasteiger partial charge in [-0.15, -0.1) is 0 Å². The van der Waals surface area contributed by atoms with Crippen molar-refractivity contribution in [2.24, 2.45) is 11.3 Å². The fourth-order valence-electron chi connectivity index (χ4n) is 3.90. The van der Waals surface area contributed by atoms with Crippen molar-refractivity contribution >= 4 is 17.3 Å². The highest BCUT2D eigenvalue weighted by atomic mass is 32.1. The van der Waals surface area contributed by atoms with Crippen molar-refractivity contribution in [3.05, 3.63) is 22.4 Å². The van der Waals surface area contributed by atoms with Crippen molar-refractivity contribution in [2.75, 3.05) is 33.2 Å². The van der Waals surface area contributed by atoms with Gasteiger partial charge in [-0.1, -0.05) is 0 Å². The van der Waals surface area contributed by atoms with Gasteiger partial charge in [0.15, 0.2) is 0 Å². The van der Waals surface area contributed by atoms with Gasteiger partial charge in [0.25, 0.3) is 0 Å². The largest absolute Gasteiger partial charge is 0.481 e. The maximum absolute atomic E-state index is 11.8. The third-order valence-corrected chi connectivity index (χ3v) is 5.59. The van der Waals surface area contributed by atoms with Crippen molar-refractivity contribution in [1.82, 2.24) is 9.80 Å². The van der Waals surface area contributed by atoms with E-state index in [9.17, 15) is 9.90 Å². The van der Waals surface area contributed by atoms with E-state index in [1.54, 1.807) is 11.3 Å². The smallest absolute Gasteiger partial charge is 0.311 e. The Hall–Kier alpha value is -0.910. The number of hydrogen-bond donors (Lipinski definition) is 1. The van der Waals surface area contributed by atoms with Crippen LogP contribution in [0.2, 0.25) is 0 Å². The van der Waals surface area contributed by atoms with Crippen LogP contribution in [0.5, 0.6) is 0 Å². The van der Waals surface area contributed by atoms with Crippen molar-refractivity contribution in [3.63, 3.8) is 0 Å². The average Bonchev–Trinajstić information content (AvgIpc) is 2.95. The van der Waals surface area contributed by atoms with E-state index in [2.05, 4.69) is 26.6 Å². The van der Waals surface area contributed by atoms with E-state index in [4.69, 9.17) is 0 Å². The summed E-state index contributed by atoms with van der Waals surface area (Å²) in [7, 11) is 2.04. The summed E-state index contributed by atoms with van der Waals surface area (Å²) < 4.78 is 0. The Bertz CT molecular complexity index is 476. The zero-order valence-corrected chi connectivity index (χ0v) is 12.7. The Kier molecular flexibility index (Phi) is 3.84. The highest BCUT2D eigenvalue weighted by molar-refractivity contribution is 7.07. The van der Waals surface area contributed by atoms with Crippen LogP contribution in [0.3, 0.4) is 0 Å². The molecule has 110 valence electrons. The summed E-state index contributed by atoms with van der Waals surface area (Å²) in [5.41, 5.74) is 0.835. The molecule has 1 N–H and O–H groups in total. The van der Waals surface area contributed by atoms with Crippen molar-refractivity contribution < 1.29 is 9.90 Å². The molecule has 1 aromatic rings. The van der Waals surface area contributed by atoms with E-state index in [1.807, 2.05) is 7.05 Å². The van der Waals surface area contributed by atoms with Gasteiger partial charge in [-0.3, -0.25) is 9.69 Å². The first kappa shape index (κ1) is 14.0. The van der Waals surface area contributed by atoms with Crippen LogP contribution < -0.4 is 0 Å².